The Morgan fingerprint density at radius 3 is 2.59 bits per heavy atom. The second-order valence-electron chi connectivity index (χ2n) is 4.83. The molecule has 1 rings (SSSR count). The van der Waals surface area contributed by atoms with Gasteiger partial charge >= 0.3 is 0 Å². The molecule has 0 spiro atoms. The van der Waals surface area contributed by atoms with Crippen LogP contribution in [0.15, 0.2) is 28.7 Å². The zero-order valence-corrected chi connectivity index (χ0v) is 15.1. The summed E-state index contributed by atoms with van der Waals surface area (Å²) in [6.45, 7) is 1.64. The number of hydrogen-bond donors (Lipinski definition) is 3. The lowest BCUT2D eigenvalue weighted by molar-refractivity contribution is -0.123. The van der Waals surface area contributed by atoms with E-state index in [0.29, 0.717) is 10.9 Å². The van der Waals surface area contributed by atoms with Gasteiger partial charge < -0.3 is 15.0 Å². The zero-order chi connectivity index (χ0) is 16.4. The van der Waals surface area contributed by atoms with E-state index < -0.39 is 0 Å². The van der Waals surface area contributed by atoms with Gasteiger partial charge in [0.2, 0.25) is 0 Å². The minimum atomic E-state index is -0.305. The third-order valence-electron chi connectivity index (χ3n) is 2.57. The Bertz CT molecular complexity index is 482. The number of benzene rings is 1. The van der Waals surface area contributed by atoms with E-state index in [2.05, 4.69) is 37.0 Å². The molecule has 0 fully saturated rings. The van der Waals surface area contributed by atoms with E-state index >= 15 is 0 Å². The fourth-order valence-corrected chi connectivity index (χ4v) is 1.90. The molecule has 0 aliphatic carbocycles. The Morgan fingerprint density at radius 1 is 1.27 bits per heavy atom. The molecule has 0 saturated heterocycles. The molecule has 122 valence electrons. The van der Waals surface area contributed by atoms with E-state index in [1.165, 1.54) is 0 Å². The van der Waals surface area contributed by atoms with Crippen molar-refractivity contribution in [3.05, 3.63) is 28.7 Å². The molecule has 0 aliphatic rings. The maximum absolute atomic E-state index is 11.6. The maximum Gasteiger partial charge on any atom is 0.276 e. The summed E-state index contributed by atoms with van der Waals surface area (Å²) in [5.74, 6) is 0.322. The molecule has 22 heavy (non-hydrogen) atoms. The van der Waals surface area contributed by atoms with Crippen molar-refractivity contribution in [2.45, 2.75) is 6.42 Å². The van der Waals surface area contributed by atoms with E-state index in [4.69, 9.17) is 17.0 Å². The lowest BCUT2D eigenvalue weighted by Gasteiger charge is -2.13. The van der Waals surface area contributed by atoms with Crippen LogP contribution in [-0.2, 0) is 4.79 Å². The van der Waals surface area contributed by atoms with Crippen LogP contribution in [0.2, 0.25) is 0 Å². The van der Waals surface area contributed by atoms with Crippen LogP contribution in [0.4, 0.5) is 0 Å². The van der Waals surface area contributed by atoms with Crippen LogP contribution in [0.5, 0.6) is 5.75 Å². The predicted molar refractivity (Wildman–Crippen MR) is 94.7 cm³/mol. The molecule has 0 unspecified atom stereocenters. The van der Waals surface area contributed by atoms with Gasteiger partial charge in [-0.3, -0.25) is 15.6 Å². The van der Waals surface area contributed by atoms with E-state index in [1.807, 2.05) is 26.2 Å². The normalized spacial score (nSPS) is 10.2. The van der Waals surface area contributed by atoms with Gasteiger partial charge in [0, 0.05) is 11.0 Å². The van der Waals surface area contributed by atoms with Crippen LogP contribution < -0.4 is 20.9 Å². The molecule has 8 heteroatoms. The SMILES string of the molecule is CN(C)CCCNC(=S)NNC(=O)COc1ccc(Br)cc1. The standard InChI is InChI=1S/C14H21BrN4O2S/c1-19(2)9-3-8-16-14(22)18-17-13(20)10-21-12-6-4-11(15)5-7-12/h4-7H,3,8-10H2,1-2H3,(H,17,20)(H2,16,18,22). The molecule has 0 aromatic heterocycles. The van der Waals surface area contributed by atoms with Gasteiger partial charge in [0.15, 0.2) is 11.7 Å². The number of rotatable bonds is 7. The first-order valence-corrected chi connectivity index (χ1v) is 8.03. The highest BCUT2D eigenvalue weighted by Gasteiger charge is 2.03. The Morgan fingerprint density at radius 2 is 1.95 bits per heavy atom. The lowest BCUT2D eigenvalue weighted by Crippen LogP contribution is -2.48. The minimum absolute atomic E-state index is 0.0854. The molecule has 6 nitrogen and oxygen atoms in total. The van der Waals surface area contributed by atoms with Crippen molar-refractivity contribution in [1.82, 2.24) is 21.1 Å². The van der Waals surface area contributed by atoms with Crippen LogP contribution in [0, 0.1) is 0 Å². The molecule has 0 bridgehead atoms. The van der Waals surface area contributed by atoms with Crippen molar-refractivity contribution < 1.29 is 9.53 Å². The van der Waals surface area contributed by atoms with Crippen molar-refractivity contribution in [2.75, 3.05) is 33.8 Å². The highest BCUT2D eigenvalue weighted by Crippen LogP contribution is 2.15. The number of carbonyl (C=O) groups excluding carboxylic acids is 1. The lowest BCUT2D eigenvalue weighted by atomic mass is 10.3. The summed E-state index contributed by atoms with van der Waals surface area (Å²) in [5.41, 5.74) is 5.11. The van der Waals surface area contributed by atoms with Crippen molar-refractivity contribution in [3.8, 4) is 5.75 Å². The van der Waals surface area contributed by atoms with Crippen LogP contribution in [0.3, 0.4) is 0 Å². The van der Waals surface area contributed by atoms with Crippen LogP contribution in [0.1, 0.15) is 6.42 Å². The van der Waals surface area contributed by atoms with Crippen molar-refractivity contribution >= 4 is 39.2 Å². The molecule has 1 aromatic rings. The molecule has 0 atom stereocenters. The fraction of sp³-hybridized carbons (Fsp3) is 0.429. The number of hydrogen-bond acceptors (Lipinski definition) is 4. The Balaban J connectivity index is 2.12. The Kier molecular flexibility index (Phi) is 8.79. The quantitative estimate of drug-likeness (QED) is 0.371. The second kappa shape index (κ2) is 10.4. The van der Waals surface area contributed by atoms with E-state index in [9.17, 15) is 4.79 Å². The first kappa shape index (κ1) is 18.7. The zero-order valence-electron chi connectivity index (χ0n) is 12.7. The van der Waals surface area contributed by atoms with E-state index in [0.717, 1.165) is 24.0 Å². The highest BCUT2D eigenvalue weighted by molar-refractivity contribution is 9.10. The topological polar surface area (TPSA) is 65.6 Å². The number of nitrogens with one attached hydrogen (secondary N) is 3. The minimum Gasteiger partial charge on any atom is -0.484 e. The third-order valence-corrected chi connectivity index (χ3v) is 3.34. The van der Waals surface area contributed by atoms with Crippen molar-refractivity contribution in [3.63, 3.8) is 0 Å². The van der Waals surface area contributed by atoms with Crippen LogP contribution in [0.25, 0.3) is 0 Å². The molecule has 0 saturated carbocycles. The molecule has 1 amide bonds. The van der Waals surface area contributed by atoms with E-state index in [1.54, 1.807) is 12.1 Å². The largest absolute Gasteiger partial charge is 0.484 e. The maximum atomic E-state index is 11.6. The smallest absolute Gasteiger partial charge is 0.276 e. The highest BCUT2D eigenvalue weighted by atomic mass is 79.9. The van der Waals surface area contributed by atoms with Gasteiger partial charge in [-0.1, -0.05) is 15.9 Å². The number of thiocarbonyl (C=S) groups is 1. The second-order valence-corrected chi connectivity index (χ2v) is 6.15. The molecule has 0 aliphatic heterocycles. The van der Waals surface area contributed by atoms with Gasteiger partial charge in [0.1, 0.15) is 5.75 Å². The number of carbonyl (C=O) groups is 1. The number of halogens is 1. The molecule has 0 heterocycles. The van der Waals surface area contributed by atoms with Gasteiger partial charge in [0.25, 0.3) is 5.91 Å². The number of amides is 1. The molecular weight excluding hydrogens is 368 g/mol. The van der Waals surface area contributed by atoms with Gasteiger partial charge in [-0.05, 0) is 63.5 Å². The average Bonchev–Trinajstić information content (AvgIpc) is 2.48. The summed E-state index contributed by atoms with van der Waals surface area (Å²) in [6.07, 6.45) is 0.968. The fourth-order valence-electron chi connectivity index (χ4n) is 1.48. The molecular formula is C14H21BrN4O2S. The predicted octanol–water partition coefficient (Wildman–Crippen LogP) is 1.27. The molecule has 3 N–H and O–H groups in total. The van der Waals surface area contributed by atoms with Crippen LogP contribution >= 0.6 is 28.1 Å². The summed E-state index contributed by atoms with van der Waals surface area (Å²) < 4.78 is 6.29. The molecule has 1 aromatic carbocycles. The average molecular weight is 389 g/mol. The first-order valence-electron chi connectivity index (χ1n) is 6.83. The van der Waals surface area contributed by atoms with Gasteiger partial charge in [-0.25, -0.2) is 0 Å². The summed E-state index contributed by atoms with van der Waals surface area (Å²) in [6, 6.07) is 7.25. The van der Waals surface area contributed by atoms with Crippen molar-refractivity contribution in [2.24, 2.45) is 0 Å². The summed E-state index contributed by atoms with van der Waals surface area (Å²) in [4.78, 5) is 13.7. The van der Waals surface area contributed by atoms with Gasteiger partial charge in [0.05, 0.1) is 0 Å². The summed E-state index contributed by atoms with van der Waals surface area (Å²) in [5, 5.41) is 3.39. The molecule has 0 radical (unpaired) electrons. The van der Waals surface area contributed by atoms with E-state index in [-0.39, 0.29) is 12.5 Å². The Hall–Kier alpha value is -1.38. The van der Waals surface area contributed by atoms with Gasteiger partial charge in [-0.15, -0.1) is 0 Å². The summed E-state index contributed by atoms with van der Waals surface area (Å²) in [7, 11) is 4.03. The number of nitrogens with zero attached hydrogens (tertiary/aromatic N) is 1. The third kappa shape index (κ3) is 8.81. The number of hydrazine groups is 1. The Labute approximate surface area is 144 Å². The summed E-state index contributed by atoms with van der Waals surface area (Å²) >= 11 is 8.38. The number of ether oxygens (including phenoxy) is 1. The van der Waals surface area contributed by atoms with Crippen molar-refractivity contribution in [1.29, 1.82) is 0 Å². The first-order chi connectivity index (χ1) is 10.5. The van der Waals surface area contributed by atoms with Crippen LogP contribution in [-0.4, -0.2) is 49.7 Å². The van der Waals surface area contributed by atoms with Gasteiger partial charge in [-0.2, -0.15) is 0 Å². The monoisotopic (exact) mass is 388 g/mol.